The molecule has 3 aromatic carbocycles. The summed E-state index contributed by atoms with van der Waals surface area (Å²) in [6.45, 7) is 8.51. The van der Waals surface area contributed by atoms with E-state index in [1.54, 1.807) is 0 Å². The van der Waals surface area contributed by atoms with Gasteiger partial charge in [-0.05, 0) is 74.5 Å². The van der Waals surface area contributed by atoms with E-state index in [1.165, 1.54) is 38.5 Å². The molecule has 0 bridgehead atoms. The Bertz CT molecular complexity index is 1330. The SMILES string of the molecule is CCn1c2ccccc2c2ccc(CN3CCC4(CC3)CC(O)(CC)c3ccccc34)cc21. The third-order valence-corrected chi connectivity index (χ3v) is 8.59. The highest BCUT2D eigenvalue weighted by Crippen LogP contribution is 2.54. The van der Waals surface area contributed by atoms with Crippen LogP contribution < -0.4 is 0 Å². The number of rotatable bonds is 4. The Morgan fingerprint density at radius 3 is 2.27 bits per heavy atom. The topological polar surface area (TPSA) is 28.4 Å². The zero-order valence-corrected chi connectivity index (χ0v) is 19.8. The molecular formula is C30H34N2O. The number of fused-ring (bicyclic) bond motifs is 5. The molecule has 1 fully saturated rings. The summed E-state index contributed by atoms with van der Waals surface area (Å²) in [5, 5.41) is 14.1. The number of aromatic nitrogens is 1. The largest absolute Gasteiger partial charge is 0.385 e. The number of hydrogen-bond acceptors (Lipinski definition) is 2. The number of benzene rings is 3. The van der Waals surface area contributed by atoms with Crippen LogP contribution in [0.2, 0.25) is 0 Å². The van der Waals surface area contributed by atoms with Crippen molar-refractivity contribution < 1.29 is 5.11 Å². The lowest BCUT2D eigenvalue weighted by Gasteiger charge is -2.41. The minimum absolute atomic E-state index is 0.135. The number of likely N-dealkylation sites (tertiary alicyclic amines) is 1. The zero-order chi connectivity index (χ0) is 22.6. The summed E-state index contributed by atoms with van der Waals surface area (Å²) in [4.78, 5) is 2.61. The maximum Gasteiger partial charge on any atom is 0.0905 e. The average molecular weight is 439 g/mol. The van der Waals surface area contributed by atoms with Gasteiger partial charge in [0.05, 0.1) is 5.60 Å². The van der Waals surface area contributed by atoms with Gasteiger partial charge in [-0.1, -0.05) is 61.5 Å². The van der Waals surface area contributed by atoms with Gasteiger partial charge in [0, 0.05) is 40.3 Å². The quantitative estimate of drug-likeness (QED) is 0.402. The van der Waals surface area contributed by atoms with Gasteiger partial charge in [-0.15, -0.1) is 0 Å². The number of aryl methyl sites for hydroxylation is 1. The number of piperidine rings is 1. The molecule has 3 heteroatoms. The molecular weight excluding hydrogens is 404 g/mol. The molecule has 1 aromatic heterocycles. The van der Waals surface area contributed by atoms with Crippen LogP contribution in [-0.2, 0) is 24.1 Å². The van der Waals surface area contributed by atoms with Crippen LogP contribution in [0.25, 0.3) is 21.8 Å². The molecule has 1 unspecified atom stereocenters. The van der Waals surface area contributed by atoms with E-state index in [1.807, 2.05) is 0 Å². The molecule has 6 rings (SSSR count). The highest BCUT2D eigenvalue weighted by Gasteiger charge is 2.51. The monoisotopic (exact) mass is 438 g/mol. The van der Waals surface area contributed by atoms with Crippen molar-refractivity contribution in [2.24, 2.45) is 0 Å². The Labute approximate surface area is 196 Å². The van der Waals surface area contributed by atoms with Crippen molar-refractivity contribution in [3.05, 3.63) is 83.4 Å². The summed E-state index contributed by atoms with van der Waals surface area (Å²) in [7, 11) is 0. The molecule has 2 aliphatic rings. The molecule has 4 aromatic rings. The van der Waals surface area contributed by atoms with Crippen LogP contribution in [-0.4, -0.2) is 27.7 Å². The lowest BCUT2D eigenvalue weighted by molar-refractivity contribution is 0.00618. The van der Waals surface area contributed by atoms with Gasteiger partial charge in [0.1, 0.15) is 0 Å². The van der Waals surface area contributed by atoms with Crippen LogP contribution in [0.3, 0.4) is 0 Å². The summed E-state index contributed by atoms with van der Waals surface area (Å²) >= 11 is 0. The van der Waals surface area contributed by atoms with E-state index in [2.05, 4.69) is 90.0 Å². The van der Waals surface area contributed by atoms with E-state index >= 15 is 0 Å². The highest BCUT2D eigenvalue weighted by molar-refractivity contribution is 6.08. The predicted octanol–water partition coefficient (Wildman–Crippen LogP) is 6.35. The third kappa shape index (κ3) is 3.17. The molecule has 1 aliphatic carbocycles. The Kier molecular flexibility index (Phi) is 4.90. The Hall–Kier alpha value is -2.62. The molecule has 33 heavy (non-hydrogen) atoms. The van der Waals surface area contributed by atoms with Gasteiger partial charge in [0.25, 0.3) is 0 Å². The van der Waals surface area contributed by atoms with Crippen LogP contribution in [0.15, 0.2) is 66.7 Å². The van der Waals surface area contributed by atoms with Gasteiger partial charge in [-0.2, -0.15) is 0 Å². The minimum Gasteiger partial charge on any atom is -0.385 e. The van der Waals surface area contributed by atoms with Crippen LogP contribution in [0.1, 0.15) is 56.2 Å². The molecule has 1 aliphatic heterocycles. The van der Waals surface area contributed by atoms with E-state index < -0.39 is 5.60 Å². The molecule has 2 heterocycles. The summed E-state index contributed by atoms with van der Waals surface area (Å²) < 4.78 is 2.44. The molecule has 0 amide bonds. The molecule has 0 saturated carbocycles. The van der Waals surface area contributed by atoms with Crippen LogP contribution in [0, 0.1) is 0 Å². The Morgan fingerprint density at radius 2 is 1.52 bits per heavy atom. The molecule has 1 spiro atoms. The number of nitrogens with zero attached hydrogens (tertiary/aromatic N) is 2. The molecule has 1 N–H and O–H groups in total. The van der Waals surface area contributed by atoms with Crippen molar-refractivity contribution in [3.8, 4) is 0 Å². The van der Waals surface area contributed by atoms with Crippen LogP contribution >= 0.6 is 0 Å². The van der Waals surface area contributed by atoms with Crippen molar-refractivity contribution in [3.63, 3.8) is 0 Å². The smallest absolute Gasteiger partial charge is 0.0905 e. The van der Waals surface area contributed by atoms with E-state index in [4.69, 9.17) is 0 Å². The van der Waals surface area contributed by atoms with E-state index in [0.29, 0.717) is 0 Å². The van der Waals surface area contributed by atoms with Gasteiger partial charge in [-0.3, -0.25) is 4.90 Å². The third-order valence-electron chi connectivity index (χ3n) is 8.59. The molecule has 0 radical (unpaired) electrons. The summed E-state index contributed by atoms with van der Waals surface area (Å²) in [6, 6.07) is 24.5. The predicted molar refractivity (Wildman–Crippen MR) is 137 cm³/mol. The van der Waals surface area contributed by atoms with Crippen molar-refractivity contribution in [1.82, 2.24) is 9.47 Å². The summed E-state index contributed by atoms with van der Waals surface area (Å²) in [6.07, 6.45) is 3.93. The summed E-state index contributed by atoms with van der Waals surface area (Å²) in [5.41, 5.74) is 6.14. The number of hydrogen-bond donors (Lipinski definition) is 1. The molecule has 1 atom stereocenters. The van der Waals surface area contributed by atoms with Crippen molar-refractivity contribution in [2.45, 2.75) is 63.6 Å². The van der Waals surface area contributed by atoms with Crippen LogP contribution in [0.5, 0.6) is 0 Å². The highest BCUT2D eigenvalue weighted by atomic mass is 16.3. The zero-order valence-electron chi connectivity index (χ0n) is 19.8. The van der Waals surface area contributed by atoms with Crippen molar-refractivity contribution in [1.29, 1.82) is 0 Å². The van der Waals surface area contributed by atoms with Gasteiger partial charge in [-0.25, -0.2) is 0 Å². The fourth-order valence-electron chi connectivity index (χ4n) is 6.79. The van der Waals surface area contributed by atoms with Gasteiger partial charge in [0.2, 0.25) is 0 Å². The molecule has 1 saturated heterocycles. The van der Waals surface area contributed by atoms with Crippen LogP contribution in [0.4, 0.5) is 0 Å². The lowest BCUT2D eigenvalue weighted by atomic mass is 9.72. The summed E-state index contributed by atoms with van der Waals surface area (Å²) in [5.74, 6) is 0. The molecule has 170 valence electrons. The second kappa shape index (κ2) is 7.72. The minimum atomic E-state index is -0.655. The normalized spacial score (nSPS) is 22.4. The fourth-order valence-corrected chi connectivity index (χ4v) is 6.79. The van der Waals surface area contributed by atoms with E-state index in [0.717, 1.165) is 51.9 Å². The first-order valence-corrected chi connectivity index (χ1v) is 12.6. The van der Waals surface area contributed by atoms with Gasteiger partial charge < -0.3 is 9.67 Å². The number of aliphatic hydroxyl groups is 1. The fraction of sp³-hybridized carbons (Fsp3) is 0.400. The maximum absolute atomic E-state index is 11.4. The first-order chi connectivity index (χ1) is 16.1. The lowest BCUT2D eigenvalue weighted by Crippen LogP contribution is -2.42. The van der Waals surface area contributed by atoms with Gasteiger partial charge in [0.15, 0.2) is 0 Å². The first-order valence-electron chi connectivity index (χ1n) is 12.6. The standard InChI is InChI=1S/C30H34N2O/c1-3-30(33)21-29(25-10-6-7-11-26(25)30)15-17-31(18-16-29)20-22-13-14-24-23-9-5-8-12-27(23)32(4-2)28(24)19-22/h5-14,19,33H,3-4,15-18,20-21H2,1-2H3. The second-order valence-electron chi connectivity index (χ2n) is 10.3. The average Bonchev–Trinajstić information content (AvgIpc) is 3.30. The second-order valence-corrected chi connectivity index (χ2v) is 10.3. The first kappa shape index (κ1) is 20.9. The molecule has 3 nitrogen and oxygen atoms in total. The van der Waals surface area contributed by atoms with E-state index in [9.17, 15) is 5.11 Å². The Balaban J connectivity index is 1.24. The van der Waals surface area contributed by atoms with Gasteiger partial charge >= 0.3 is 0 Å². The van der Waals surface area contributed by atoms with Crippen molar-refractivity contribution in [2.75, 3.05) is 13.1 Å². The Morgan fingerprint density at radius 1 is 0.818 bits per heavy atom. The maximum atomic E-state index is 11.4. The number of para-hydroxylation sites is 1. The van der Waals surface area contributed by atoms with E-state index in [-0.39, 0.29) is 5.41 Å². The van der Waals surface area contributed by atoms with Crippen molar-refractivity contribution >= 4 is 21.8 Å².